The lowest BCUT2D eigenvalue weighted by molar-refractivity contribution is -0.149. The van der Waals surface area contributed by atoms with Gasteiger partial charge in [-0.1, -0.05) is 33.6 Å². The molecule has 2 heteroatoms. The molecule has 0 aromatic carbocycles. The number of hydrogen-bond donors (Lipinski definition) is 1. The zero-order chi connectivity index (χ0) is 13.6. The number of aliphatic hydroxyl groups is 1. The van der Waals surface area contributed by atoms with Crippen molar-refractivity contribution in [1.82, 2.24) is 0 Å². The predicted molar refractivity (Wildman–Crippen MR) is 76.7 cm³/mol. The summed E-state index contributed by atoms with van der Waals surface area (Å²) in [5.74, 6) is 1.39. The van der Waals surface area contributed by atoms with Gasteiger partial charge in [-0.3, -0.25) is 0 Å². The molecule has 0 heterocycles. The first-order chi connectivity index (χ1) is 8.54. The molecule has 0 aromatic heterocycles. The van der Waals surface area contributed by atoms with Crippen molar-refractivity contribution < 1.29 is 9.84 Å². The molecule has 1 fully saturated rings. The van der Waals surface area contributed by atoms with Gasteiger partial charge in [-0.05, 0) is 50.9 Å². The van der Waals surface area contributed by atoms with E-state index in [-0.39, 0.29) is 11.7 Å². The van der Waals surface area contributed by atoms with E-state index in [9.17, 15) is 5.11 Å². The van der Waals surface area contributed by atoms with Gasteiger partial charge >= 0.3 is 0 Å². The zero-order valence-electron chi connectivity index (χ0n) is 12.7. The second-order valence-corrected chi connectivity index (χ2v) is 6.33. The largest absolute Gasteiger partial charge is 0.390 e. The van der Waals surface area contributed by atoms with Crippen molar-refractivity contribution in [2.45, 2.75) is 84.3 Å². The minimum Gasteiger partial charge on any atom is -0.390 e. The molecule has 0 spiro atoms. The minimum atomic E-state index is -0.286. The normalized spacial score (nSPS) is 32.2. The third-order valence-corrected chi connectivity index (χ3v) is 4.57. The molecule has 0 bridgehead atoms. The Hall–Kier alpha value is -0.0800. The molecule has 2 unspecified atom stereocenters. The molecule has 0 aliphatic heterocycles. The lowest BCUT2D eigenvalue weighted by Gasteiger charge is -2.43. The monoisotopic (exact) mass is 256 g/mol. The Morgan fingerprint density at radius 3 is 2.39 bits per heavy atom. The van der Waals surface area contributed by atoms with Crippen LogP contribution in [0.4, 0.5) is 0 Å². The number of hydrogen-bond acceptors (Lipinski definition) is 2. The summed E-state index contributed by atoms with van der Waals surface area (Å²) < 4.78 is 6.01. The average molecular weight is 256 g/mol. The summed E-state index contributed by atoms with van der Waals surface area (Å²) in [6.45, 7) is 9.53. The van der Waals surface area contributed by atoms with Gasteiger partial charge in [0.05, 0.1) is 11.7 Å². The van der Waals surface area contributed by atoms with Crippen molar-refractivity contribution in [2.75, 3.05) is 6.61 Å². The molecule has 1 saturated carbocycles. The average Bonchev–Trinajstić information content (AvgIpc) is 2.33. The van der Waals surface area contributed by atoms with Gasteiger partial charge in [0.1, 0.15) is 0 Å². The summed E-state index contributed by atoms with van der Waals surface area (Å²) in [6, 6.07) is 0. The van der Waals surface area contributed by atoms with Crippen molar-refractivity contribution in [3.05, 3.63) is 0 Å². The van der Waals surface area contributed by atoms with E-state index >= 15 is 0 Å². The summed E-state index contributed by atoms with van der Waals surface area (Å²) >= 11 is 0. The van der Waals surface area contributed by atoms with Crippen LogP contribution >= 0.6 is 0 Å². The maximum absolute atomic E-state index is 10.6. The highest BCUT2D eigenvalue weighted by atomic mass is 16.5. The van der Waals surface area contributed by atoms with Crippen LogP contribution in [0, 0.1) is 11.8 Å². The van der Waals surface area contributed by atoms with Crippen LogP contribution < -0.4 is 0 Å². The van der Waals surface area contributed by atoms with E-state index in [1.807, 2.05) is 6.92 Å². The van der Waals surface area contributed by atoms with Crippen LogP contribution in [-0.4, -0.2) is 23.4 Å². The summed E-state index contributed by atoms with van der Waals surface area (Å²) in [7, 11) is 0. The maximum Gasteiger partial charge on any atom is 0.0940 e. The molecule has 0 radical (unpaired) electrons. The fraction of sp³-hybridized carbons (Fsp3) is 1.00. The first-order valence-corrected chi connectivity index (χ1v) is 7.86. The van der Waals surface area contributed by atoms with Crippen molar-refractivity contribution in [3.63, 3.8) is 0 Å². The number of ether oxygens (including phenoxy) is 1. The van der Waals surface area contributed by atoms with Crippen molar-refractivity contribution in [2.24, 2.45) is 11.8 Å². The third-order valence-electron chi connectivity index (χ3n) is 4.57. The molecule has 18 heavy (non-hydrogen) atoms. The molecule has 0 saturated heterocycles. The van der Waals surface area contributed by atoms with Gasteiger partial charge in [0, 0.05) is 6.61 Å². The molecule has 2 atom stereocenters. The van der Waals surface area contributed by atoms with Crippen LogP contribution in [0.5, 0.6) is 0 Å². The molecule has 1 rings (SSSR count). The number of rotatable bonds is 7. The SMILES string of the molecule is CCCC(C)CC(O)C1(OCC)CCC(C)CC1. The Kier molecular flexibility index (Phi) is 6.65. The lowest BCUT2D eigenvalue weighted by Crippen LogP contribution is -2.48. The van der Waals surface area contributed by atoms with E-state index in [1.165, 1.54) is 25.7 Å². The molecule has 1 N–H and O–H groups in total. The van der Waals surface area contributed by atoms with E-state index in [0.29, 0.717) is 12.5 Å². The van der Waals surface area contributed by atoms with Crippen molar-refractivity contribution >= 4 is 0 Å². The van der Waals surface area contributed by atoms with E-state index in [0.717, 1.165) is 25.2 Å². The van der Waals surface area contributed by atoms with Crippen LogP contribution in [0.2, 0.25) is 0 Å². The summed E-state index contributed by atoms with van der Waals surface area (Å²) in [5.41, 5.74) is -0.247. The van der Waals surface area contributed by atoms with Crippen molar-refractivity contribution in [3.8, 4) is 0 Å². The van der Waals surface area contributed by atoms with Gasteiger partial charge in [-0.2, -0.15) is 0 Å². The van der Waals surface area contributed by atoms with Crippen LogP contribution in [0.15, 0.2) is 0 Å². The second-order valence-electron chi connectivity index (χ2n) is 6.33. The highest BCUT2D eigenvalue weighted by Crippen LogP contribution is 2.39. The first kappa shape index (κ1) is 16.0. The quantitative estimate of drug-likeness (QED) is 0.741. The second kappa shape index (κ2) is 7.49. The van der Waals surface area contributed by atoms with Gasteiger partial charge in [-0.15, -0.1) is 0 Å². The highest BCUT2D eigenvalue weighted by Gasteiger charge is 2.41. The molecule has 0 amide bonds. The van der Waals surface area contributed by atoms with Gasteiger partial charge in [0.2, 0.25) is 0 Å². The van der Waals surface area contributed by atoms with Crippen LogP contribution in [0.3, 0.4) is 0 Å². The fourth-order valence-corrected chi connectivity index (χ4v) is 3.32. The molecule has 1 aliphatic rings. The number of aliphatic hydroxyl groups excluding tert-OH is 1. The Labute approximate surface area is 113 Å². The molecule has 0 aromatic rings. The van der Waals surface area contributed by atoms with Crippen LogP contribution in [0.1, 0.15) is 72.6 Å². The van der Waals surface area contributed by atoms with E-state index < -0.39 is 0 Å². The Bertz CT molecular complexity index is 219. The van der Waals surface area contributed by atoms with Crippen molar-refractivity contribution in [1.29, 1.82) is 0 Å². The standard InChI is InChI=1S/C16H32O2/c1-5-7-14(4)12-15(17)16(18-6-2)10-8-13(3)9-11-16/h13-15,17H,5-12H2,1-4H3. The summed E-state index contributed by atoms with van der Waals surface area (Å²) in [4.78, 5) is 0. The Morgan fingerprint density at radius 1 is 1.28 bits per heavy atom. The smallest absolute Gasteiger partial charge is 0.0940 e. The molecular formula is C16H32O2. The third kappa shape index (κ3) is 4.24. The topological polar surface area (TPSA) is 29.5 Å². The van der Waals surface area contributed by atoms with Gasteiger partial charge < -0.3 is 9.84 Å². The van der Waals surface area contributed by atoms with E-state index in [2.05, 4.69) is 20.8 Å². The Balaban J connectivity index is 2.59. The van der Waals surface area contributed by atoms with Crippen LogP contribution in [-0.2, 0) is 4.74 Å². The predicted octanol–water partition coefficient (Wildman–Crippen LogP) is 4.16. The van der Waals surface area contributed by atoms with Gasteiger partial charge in [0.15, 0.2) is 0 Å². The molecule has 108 valence electrons. The summed E-state index contributed by atoms with van der Waals surface area (Å²) in [5, 5.41) is 10.6. The van der Waals surface area contributed by atoms with Crippen LogP contribution in [0.25, 0.3) is 0 Å². The highest BCUT2D eigenvalue weighted by molar-refractivity contribution is 4.93. The Morgan fingerprint density at radius 2 is 1.89 bits per heavy atom. The minimum absolute atomic E-state index is 0.247. The maximum atomic E-state index is 10.6. The fourth-order valence-electron chi connectivity index (χ4n) is 3.32. The van der Waals surface area contributed by atoms with Gasteiger partial charge in [-0.25, -0.2) is 0 Å². The summed E-state index contributed by atoms with van der Waals surface area (Å²) in [6.07, 6.45) is 7.46. The van der Waals surface area contributed by atoms with E-state index in [1.54, 1.807) is 0 Å². The van der Waals surface area contributed by atoms with Gasteiger partial charge in [0.25, 0.3) is 0 Å². The molecular weight excluding hydrogens is 224 g/mol. The first-order valence-electron chi connectivity index (χ1n) is 7.86. The van der Waals surface area contributed by atoms with E-state index in [4.69, 9.17) is 4.74 Å². The molecule has 2 nitrogen and oxygen atoms in total. The molecule has 1 aliphatic carbocycles. The zero-order valence-corrected chi connectivity index (χ0v) is 12.7. The lowest BCUT2D eigenvalue weighted by atomic mass is 9.74.